The molecule has 4 nitrogen and oxygen atoms in total. The zero-order valence-electron chi connectivity index (χ0n) is 13.0. The van der Waals surface area contributed by atoms with Gasteiger partial charge in [-0.1, -0.05) is 51.3 Å². The first-order valence-corrected chi connectivity index (χ1v) is 9.02. The molecule has 0 heterocycles. The van der Waals surface area contributed by atoms with Crippen LogP contribution in [0, 0.1) is 11.8 Å². The zero-order chi connectivity index (χ0) is 17.9. The number of ketones is 1. The van der Waals surface area contributed by atoms with Crippen molar-refractivity contribution < 1.29 is 19.4 Å². The van der Waals surface area contributed by atoms with E-state index in [0.29, 0.717) is 5.56 Å². The maximum absolute atomic E-state index is 12.6. The molecule has 7 heteroatoms. The summed E-state index contributed by atoms with van der Waals surface area (Å²) in [4.78, 5) is 24.7. The largest absolute Gasteiger partial charge is 0.465 e. The summed E-state index contributed by atoms with van der Waals surface area (Å²) in [6.07, 6.45) is 1.40. The molecule has 0 aliphatic heterocycles. The van der Waals surface area contributed by atoms with Gasteiger partial charge in [-0.25, -0.2) is 0 Å². The molecule has 2 rings (SSSR count). The van der Waals surface area contributed by atoms with Crippen molar-refractivity contribution in [2.45, 2.75) is 25.4 Å². The van der Waals surface area contributed by atoms with E-state index in [1.54, 1.807) is 31.2 Å². The van der Waals surface area contributed by atoms with Crippen molar-refractivity contribution >= 4 is 50.9 Å². The lowest BCUT2D eigenvalue weighted by Gasteiger charge is -2.38. The number of carbonyl (C=O) groups is 2. The molecule has 0 radical (unpaired) electrons. The smallest absolute Gasteiger partial charge is 0.317 e. The molecule has 1 fully saturated rings. The van der Waals surface area contributed by atoms with Crippen LogP contribution in [0.15, 0.2) is 39.3 Å². The Kier molecular flexibility index (Phi) is 6.48. The van der Waals surface area contributed by atoms with Crippen molar-refractivity contribution in [1.29, 1.82) is 0 Å². The Bertz CT molecular complexity index is 655. The second kappa shape index (κ2) is 8.00. The van der Waals surface area contributed by atoms with Gasteiger partial charge in [0.05, 0.1) is 12.2 Å². The summed E-state index contributed by atoms with van der Waals surface area (Å²) in [6, 6.07) is 7.05. The molecule has 3 atom stereocenters. The van der Waals surface area contributed by atoms with Crippen LogP contribution in [0.5, 0.6) is 0 Å². The fourth-order valence-electron chi connectivity index (χ4n) is 3.05. The van der Waals surface area contributed by atoms with Gasteiger partial charge in [0, 0.05) is 16.8 Å². The molecule has 0 spiro atoms. The minimum absolute atomic E-state index is 0.0536. The number of carbonyl (C=O) groups excluding carboxylic acids is 2. The summed E-state index contributed by atoms with van der Waals surface area (Å²) in [6.45, 7) is 1.84. The molecule has 130 valence electrons. The highest BCUT2D eigenvalue weighted by Gasteiger charge is 2.48. The topological polar surface area (TPSA) is 63.6 Å². The fraction of sp³-hybridized carbons (Fsp3) is 0.412. The van der Waals surface area contributed by atoms with E-state index >= 15 is 0 Å². The number of rotatable bonds is 4. The summed E-state index contributed by atoms with van der Waals surface area (Å²) in [5.41, 5.74) is -0.781. The highest BCUT2D eigenvalue weighted by Crippen LogP contribution is 2.43. The van der Waals surface area contributed by atoms with Crippen LogP contribution >= 0.6 is 39.1 Å². The van der Waals surface area contributed by atoms with Gasteiger partial charge in [0.1, 0.15) is 10.4 Å². The number of ether oxygens (including phenoxy) is 1. The molecule has 1 aromatic rings. The molecular formula is C17H17BrCl2O4. The van der Waals surface area contributed by atoms with Crippen LogP contribution in [0.1, 0.15) is 25.3 Å². The van der Waals surface area contributed by atoms with Crippen LogP contribution in [0.2, 0.25) is 0 Å². The van der Waals surface area contributed by atoms with Crippen LogP contribution in [-0.2, 0) is 19.9 Å². The third-order valence-electron chi connectivity index (χ3n) is 4.08. The highest BCUT2D eigenvalue weighted by atomic mass is 79.9. The van der Waals surface area contributed by atoms with E-state index < -0.39 is 23.4 Å². The van der Waals surface area contributed by atoms with Gasteiger partial charge < -0.3 is 9.84 Å². The monoisotopic (exact) mass is 434 g/mol. The number of aliphatic hydroxyl groups is 1. The molecule has 24 heavy (non-hydrogen) atoms. The van der Waals surface area contributed by atoms with E-state index in [9.17, 15) is 14.7 Å². The Labute approximate surface area is 158 Å². The molecule has 0 unspecified atom stereocenters. The number of halogens is 3. The predicted molar refractivity (Wildman–Crippen MR) is 95.7 cm³/mol. The summed E-state index contributed by atoms with van der Waals surface area (Å²) in [7, 11) is 0. The molecule has 0 saturated heterocycles. The lowest BCUT2D eigenvalue weighted by Crippen LogP contribution is -2.45. The van der Waals surface area contributed by atoms with Gasteiger partial charge in [-0.15, -0.1) is 0 Å². The number of Topliss-reactive ketones (excluding diaryl/α,β-unsaturated/α-hetero) is 1. The van der Waals surface area contributed by atoms with E-state index in [4.69, 9.17) is 27.9 Å². The van der Waals surface area contributed by atoms with E-state index in [0.717, 1.165) is 4.47 Å². The van der Waals surface area contributed by atoms with Crippen molar-refractivity contribution in [3.05, 3.63) is 44.9 Å². The maximum atomic E-state index is 12.6. The van der Waals surface area contributed by atoms with Crippen molar-refractivity contribution in [3.8, 4) is 0 Å². The summed E-state index contributed by atoms with van der Waals surface area (Å²) < 4.78 is 5.80. The van der Waals surface area contributed by atoms with Gasteiger partial charge in [0.25, 0.3) is 0 Å². The first-order valence-electron chi connectivity index (χ1n) is 7.47. The Balaban J connectivity index is 2.37. The van der Waals surface area contributed by atoms with Crippen LogP contribution in [0.3, 0.4) is 0 Å². The lowest BCUT2D eigenvalue weighted by atomic mass is 9.68. The highest BCUT2D eigenvalue weighted by molar-refractivity contribution is 9.10. The van der Waals surface area contributed by atoms with Gasteiger partial charge >= 0.3 is 5.97 Å². The molecule has 1 N–H and O–H groups in total. The summed E-state index contributed by atoms with van der Waals surface area (Å²) in [5, 5.41) is 11.0. The SMILES string of the molecule is CCOC(=O)[C@@H]1C(=O)C[C@](O)(c2ccc(Br)cc2)C[C@H]1C=C(Cl)Cl. The minimum Gasteiger partial charge on any atom is -0.465 e. The van der Waals surface area contributed by atoms with Crippen LogP contribution < -0.4 is 0 Å². The molecular weight excluding hydrogens is 419 g/mol. The Morgan fingerprint density at radius 1 is 1.42 bits per heavy atom. The van der Waals surface area contributed by atoms with Crippen molar-refractivity contribution in [1.82, 2.24) is 0 Å². The lowest BCUT2D eigenvalue weighted by molar-refractivity contribution is -0.159. The van der Waals surface area contributed by atoms with Crippen LogP contribution in [0.25, 0.3) is 0 Å². The zero-order valence-corrected chi connectivity index (χ0v) is 16.1. The van der Waals surface area contributed by atoms with E-state index in [2.05, 4.69) is 15.9 Å². The quantitative estimate of drug-likeness (QED) is 0.570. The van der Waals surface area contributed by atoms with Gasteiger partial charge in [-0.2, -0.15) is 0 Å². The van der Waals surface area contributed by atoms with Crippen molar-refractivity contribution in [2.75, 3.05) is 6.61 Å². The van der Waals surface area contributed by atoms with E-state index in [-0.39, 0.29) is 29.7 Å². The molecule has 1 aromatic carbocycles. The molecule has 0 aromatic heterocycles. The normalized spacial score (nSPS) is 26.8. The van der Waals surface area contributed by atoms with Crippen LogP contribution in [0.4, 0.5) is 0 Å². The van der Waals surface area contributed by atoms with Crippen LogP contribution in [-0.4, -0.2) is 23.5 Å². The first-order chi connectivity index (χ1) is 11.3. The molecule has 1 aliphatic rings. The maximum Gasteiger partial charge on any atom is 0.317 e. The second-order valence-corrected chi connectivity index (χ2v) is 7.66. The minimum atomic E-state index is -1.38. The first kappa shape index (κ1) is 19.4. The summed E-state index contributed by atoms with van der Waals surface area (Å²) in [5.74, 6) is -2.64. The van der Waals surface area contributed by atoms with Gasteiger partial charge in [-0.3, -0.25) is 9.59 Å². The van der Waals surface area contributed by atoms with E-state index in [1.807, 2.05) is 0 Å². The van der Waals surface area contributed by atoms with Gasteiger partial charge in [-0.05, 0) is 37.1 Å². The molecule has 0 amide bonds. The fourth-order valence-corrected chi connectivity index (χ4v) is 3.64. The molecule has 1 aliphatic carbocycles. The Hall–Kier alpha value is -0.880. The average molecular weight is 436 g/mol. The molecule has 1 saturated carbocycles. The summed E-state index contributed by atoms with van der Waals surface area (Å²) >= 11 is 14.8. The average Bonchev–Trinajstić information content (AvgIpc) is 2.46. The number of hydrogen-bond acceptors (Lipinski definition) is 4. The predicted octanol–water partition coefficient (Wildman–Crippen LogP) is 4.11. The van der Waals surface area contributed by atoms with Crippen molar-refractivity contribution in [2.24, 2.45) is 11.8 Å². The Morgan fingerprint density at radius 3 is 2.58 bits per heavy atom. The second-order valence-electron chi connectivity index (χ2n) is 5.74. The third-order valence-corrected chi connectivity index (χ3v) is 4.86. The van der Waals surface area contributed by atoms with E-state index in [1.165, 1.54) is 6.08 Å². The number of allylic oxidation sites excluding steroid dienone is 1. The number of benzene rings is 1. The van der Waals surface area contributed by atoms with Gasteiger partial charge in [0.2, 0.25) is 0 Å². The standard InChI is InChI=1S/C17H17BrCl2O4/c1-2-24-16(22)15-10(7-14(19)20)8-17(23,9-13(15)21)11-3-5-12(18)6-4-11/h3-7,10,15,23H,2,8-9H2,1H3/t10-,15+,17+/m1/s1. The number of esters is 1. The molecule has 0 bridgehead atoms. The van der Waals surface area contributed by atoms with Crippen molar-refractivity contribution in [3.63, 3.8) is 0 Å². The number of hydrogen-bond donors (Lipinski definition) is 1. The third kappa shape index (κ3) is 4.39. The Morgan fingerprint density at radius 2 is 2.04 bits per heavy atom. The van der Waals surface area contributed by atoms with Gasteiger partial charge in [0.15, 0.2) is 5.78 Å².